The van der Waals surface area contributed by atoms with Crippen LogP contribution in [0.5, 0.6) is 5.75 Å². The van der Waals surface area contributed by atoms with Crippen molar-refractivity contribution in [2.24, 2.45) is 0 Å². The van der Waals surface area contributed by atoms with E-state index in [2.05, 4.69) is 5.32 Å². The number of carbonyl (C=O) groups excluding carboxylic acids is 1. The molecule has 0 unspecified atom stereocenters. The molecule has 0 atom stereocenters. The van der Waals surface area contributed by atoms with Gasteiger partial charge in [0.1, 0.15) is 12.3 Å². The van der Waals surface area contributed by atoms with Crippen molar-refractivity contribution in [3.05, 3.63) is 62.6 Å². The fourth-order valence-corrected chi connectivity index (χ4v) is 2.57. The van der Waals surface area contributed by atoms with Gasteiger partial charge >= 0.3 is 5.76 Å². The Balaban J connectivity index is 1.91. The number of fused-ring (bicyclic) bond motifs is 1. The highest BCUT2D eigenvalue weighted by Crippen LogP contribution is 2.25. The molecular formula is C17H15N3O6. The number of aromatic nitrogens is 1. The third-order valence-electron chi connectivity index (χ3n) is 3.79. The van der Waals surface area contributed by atoms with Gasteiger partial charge in [0.2, 0.25) is 5.91 Å². The Bertz CT molecular complexity index is 1070. The number of hydrogen-bond donors (Lipinski definition) is 1. The molecule has 1 heterocycles. The summed E-state index contributed by atoms with van der Waals surface area (Å²) in [5.74, 6) is -0.791. The van der Waals surface area contributed by atoms with Crippen LogP contribution in [0, 0.1) is 17.0 Å². The number of carbonyl (C=O) groups is 1. The second kappa shape index (κ2) is 6.71. The van der Waals surface area contributed by atoms with Crippen LogP contribution in [0.3, 0.4) is 0 Å². The van der Waals surface area contributed by atoms with E-state index in [0.29, 0.717) is 11.4 Å². The number of nitro groups is 1. The average Bonchev–Trinajstić information content (AvgIpc) is 2.90. The predicted molar refractivity (Wildman–Crippen MR) is 93.5 cm³/mol. The lowest BCUT2D eigenvalue weighted by atomic mass is 10.2. The van der Waals surface area contributed by atoms with Crippen molar-refractivity contribution in [2.75, 3.05) is 12.4 Å². The summed E-state index contributed by atoms with van der Waals surface area (Å²) >= 11 is 0. The Morgan fingerprint density at radius 1 is 1.31 bits per heavy atom. The van der Waals surface area contributed by atoms with Crippen LogP contribution in [-0.4, -0.2) is 22.5 Å². The Morgan fingerprint density at radius 2 is 2.08 bits per heavy atom. The van der Waals surface area contributed by atoms with Crippen molar-refractivity contribution in [3.8, 4) is 5.75 Å². The second-order valence-electron chi connectivity index (χ2n) is 5.62. The minimum Gasteiger partial charge on any atom is -0.495 e. The van der Waals surface area contributed by atoms with Gasteiger partial charge < -0.3 is 14.5 Å². The maximum absolute atomic E-state index is 12.4. The van der Waals surface area contributed by atoms with Gasteiger partial charge in [-0.25, -0.2) is 4.79 Å². The number of nitrogens with one attached hydrogen (secondary N) is 1. The molecule has 3 aromatic rings. The first kappa shape index (κ1) is 17.2. The molecule has 134 valence electrons. The largest absolute Gasteiger partial charge is 0.495 e. The summed E-state index contributed by atoms with van der Waals surface area (Å²) in [6, 6.07) is 9.04. The molecule has 26 heavy (non-hydrogen) atoms. The molecule has 0 aliphatic heterocycles. The number of methoxy groups -OCH3 is 1. The highest BCUT2D eigenvalue weighted by Gasteiger charge is 2.17. The fraction of sp³-hybridized carbons (Fsp3) is 0.176. The second-order valence-corrected chi connectivity index (χ2v) is 5.62. The lowest BCUT2D eigenvalue weighted by molar-refractivity contribution is -0.384. The molecule has 0 fully saturated rings. The molecule has 1 N–H and O–H groups in total. The van der Waals surface area contributed by atoms with Gasteiger partial charge in [0.25, 0.3) is 5.69 Å². The van der Waals surface area contributed by atoms with Crippen LogP contribution in [-0.2, 0) is 11.3 Å². The van der Waals surface area contributed by atoms with Crippen molar-refractivity contribution in [2.45, 2.75) is 13.5 Å². The maximum atomic E-state index is 12.4. The molecule has 0 aliphatic carbocycles. The zero-order valence-electron chi connectivity index (χ0n) is 14.0. The van der Waals surface area contributed by atoms with Gasteiger partial charge in [0, 0.05) is 12.1 Å². The number of nitrogens with zero attached hydrogens (tertiary/aromatic N) is 2. The molecule has 0 aliphatic rings. The number of nitro benzene ring substituents is 1. The summed E-state index contributed by atoms with van der Waals surface area (Å²) < 4.78 is 11.3. The van der Waals surface area contributed by atoms with E-state index in [-0.39, 0.29) is 23.3 Å². The zero-order chi connectivity index (χ0) is 18.8. The van der Waals surface area contributed by atoms with E-state index in [9.17, 15) is 19.7 Å². The van der Waals surface area contributed by atoms with Crippen molar-refractivity contribution in [3.63, 3.8) is 0 Å². The van der Waals surface area contributed by atoms with Crippen molar-refractivity contribution >= 4 is 28.4 Å². The number of ether oxygens (including phenoxy) is 1. The predicted octanol–water partition coefficient (Wildman–Crippen LogP) is 2.46. The molecule has 0 spiro atoms. The fourth-order valence-electron chi connectivity index (χ4n) is 2.57. The highest BCUT2D eigenvalue weighted by molar-refractivity contribution is 5.93. The first-order chi connectivity index (χ1) is 12.4. The SMILES string of the molecule is COc1ccc(C)cc1NC(=O)Cn1c(=O)oc2ccc([N+](=O)[O-])cc21. The number of rotatable bonds is 5. The highest BCUT2D eigenvalue weighted by atomic mass is 16.6. The van der Waals surface area contributed by atoms with Gasteiger partial charge in [-0.15, -0.1) is 0 Å². The molecule has 9 nitrogen and oxygen atoms in total. The van der Waals surface area contributed by atoms with Crippen molar-refractivity contribution in [1.82, 2.24) is 4.57 Å². The van der Waals surface area contributed by atoms with Crippen LogP contribution in [0.2, 0.25) is 0 Å². The first-order valence-corrected chi connectivity index (χ1v) is 7.61. The van der Waals surface area contributed by atoms with E-state index in [1.807, 2.05) is 13.0 Å². The summed E-state index contributed by atoms with van der Waals surface area (Å²) in [5.41, 5.74) is 1.52. The molecule has 3 rings (SSSR count). The lowest BCUT2D eigenvalue weighted by Crippen LogP contribution is -2.25. The number of oxazole rings is 1. The Labute approximate surface area is 146 Å². The van der Waals surface area contributed by atoms with E-state index in [4.69, 9.17) is 9.15 Å². The Hall–Kier alpha value is -3.62. The monoisotopic (exact) mass is 357 g/mol. The summed E-state index contributed by atoms with van der Waals surface area (Å²) in [7, 11) is 1.48. The van der Waals surface area contributed by atoms with Gasteiger partial charge in [0.15, 0.2) is 5.58 Å². The van der Waals surface area contributed by atoms with E-state index >= 15 is 0 Å². The van der Waals surface area contributed by atoms with Crippen molar-refractivity contribution < 1.29 is 18.9 Å². The molecule has 0 saturated carbocycles. The number of amides is 1. The van der Waals surface area contributed by atoms with Gasteiger partial charge in [-0.05, 0) is 30.7 Å². The quantitative estimate of drug-likeness (QED) is 0.554. The zero-order valence-corrected chi connectivity index (χ0v) is 14.0. The topological polar surface area (TPSA) is 117 Å². The molecule has 0 radical (unpaired) electrons. The lowest BCUT2D eigenvalue weighted by Gasteiger charge is -2.11. The van der Waals surface area contributed by atoms with Crippen molar-refractivity contribution in [1.29, 1.82) is 0 Å². The molecule has 0 bridgehead atoms. The van der Waals surface area contributed by atoms with Gasteiger partial charge in [0.05, 0.1) is 23.2 Å². The van der Waals surface area contributed by atoms with E-state index in [1.165, 1.54) is 25.3 Å². The van der Waals surface area contributed by atoms with Crippen LogP contribution < -0.4 is 15.8 Å². The summed E-state index contributed by atoms with van der Waals surface area (Å²) in [4.78, 5) is 34.7. The first-order valence-electron chi connectivity index (χ1n) is 7.61. The average molecular weight is 357 g/mol. The van der Waals surface area contributed by atoms with E-state index in [1.54, 1.807) is 12.1 Å². The third kappa shape index (κ3) is 3.27. The van der Waals surface area contributed by atoms with E-state index in [0.717, 1.165) is 10.1 Å². The standard InChI is InChI=1S/C17H15N3O6/c1-10-3-5-14(25-2)12(7-10)18-16(21)9-19-13-8-11(20(23)24)4-6-15(13)26-17(19)22/h3-8H,9H2,1-2H3,(H,18,21). The van der Waals surface area contributed by atoms with Gasteiger partial charge in [-0.1, -0.05) is 6.07 Å². The summed E-state index contributed by atoms with van der Waals surface area (Å²) in [5, 5.41) is 13.6. The van der Waals surface area contributed by atoms with Gasteiger partial charge in [-0.2, -0.15) is 0 Å². The molecule has 9 heteroatoms. The maximum Gasteiger partial charge on any atom is 0.420 e. The number of non-ortho nitro benzene ring substituents is 1. The summed E-state index contributed by atoms with van der Waals surface area (Å²) in [6.45, 7) is 1.51. The minimum absolute atomic E-state index is 0.168. The third-order valence-corrected chi connectivity index (χ3v) is 3.79. The summed E-state index contributed by atoms with van der Waals surface area (Å²) in [6.07, 6.45) is 0. The Kier molecular flexibility index (Phi) is 4.44. The van der Waals surface area contributed by atoms with Crippen LogP contribution in [0.1, 0.15) is 5.56 Å². The number of aryl methyl sites for hydroxylation is 1. The van der Waals surface area contributed by atoms with Gasteiger partial charge in [-0.3, -0.25) is 19.5 Å². The Morgan fingerprint density at radius 3 is 2.77 bits per heavy atom. The number of anilines is 1. The smallest absolute Gasteiger partial charge is 0.420 e. The molecule has 1 aromatic heterocycles. The molecule has 2 aromatic carbocycles. The molecule has 1 amide bonds. The molecule has 0 saturated heterocycles. The minimum atomic E-state index is -0.771. The molecular weight excluding hydrogens is 342 g/mol. The van der Waals surface area contributed by atoms with Crippen LogP contribution in [0.25, 0.3) is 11.1 Å². The van der Waals surface area contributed by atoms with Crippen LogP contribution >= 0.6 is 0 Å². The normalized spacial score (nSPS) is 10.7. The number of benzene rings is 2. The van der Waals surface area contributed by atoms with Crippen LogP contribution in [0.4, 0.5) is 11.4 Å². The number of hydrogen-bond acceptors (Lipinski definition) is 6. The van der Waals surface area contributed by atoms with Crippen LogP contribution in [0.15, 0.2) is 45.6 Å². The van der Waals surface area contributed by atoms with E-state index < -0.39 is 16.6 Å².